The molecule has 1 saturated heterocycles. The van der Waals surface area contributed by atoms with Crippen molar-refractivity contribution in [3.63, 3.8) is 0 Å². The van der Waals surface area contributed by atoms with Crippen molar-refractivity contribution in [2.24, 2.45) is 0 Å². The Labute approximate surface area is 153 Å². The van der Waals surface area contributed by atoms with E-state index in [1.54, 1.807) is 0 Å². The van der Waals surface area contributed by atoms with Crippen molar-refractivity contribution < 1.29 is 4.79 Å². The van der Waals surface area contributed by atoms with Gasteiger partial charge in [-0.25, -0.2) is 0 Å². The Morgan fingerprint density at radius 3 is 3.00 bits per heavy atom. The number of amides is 1. The Hall–Kier alpha value is -2.56. The first-order valence-electron chi connectivity index (χ1n) is 9.49. The highest BCUT2D eigenvalue weighted by atomic mass is 16.2. The minimum atomic E-state index is 0.124. The maximum absolute atomic E-state index is 13.3. The van der Waals surface area contributed by atoms with Gasteiger partial charge in [-0.05, 0) is 50.3 Å². The van der Waals surface area contributed by atoms with E-state index in [0.717, 1.165) is 54.5 Å². The van der Waals surface area contributed by atoms with E-state index in [1.807, 2.05) is 23.2 Å². The van der Waals surface area contributed by atoms with Gasteiger partial charge in [-0.3, -0.25) is 9.89 Å². The van der Waals surface area contributed by atoms with Crippen LogP contribution >= 0.6 is 0 Å². The van der Waals surface area contributed by atoms with E-state index < -0.39 is 0 Å². The summed E-state index contributed by atoms with van der Waals surface area (Å²) in [7, 11) is 0. The van der Waals surface area contributed by atoms with Crippen molar-refractivity contribution in [3.05, 3.63) is 52.5 Å². The number of aromatic nitrogens is 3. The van der Waals surface area contributed by atoms with Gasteiger partial charge < -0.3 is 9.88 Å². The highest BCUT2D eigenvalue weighted by molar-refractivity contribution is 6.06. The molecule has 1 fully saturated rings. The molecule has 2 N–H and O–H groups in total. The van der Waals surface area contributed by atoms with Crippen LogP contribution in [-0.4, -0.2) is 39.1 Å². The highest BCUT2D eigenvalue weighted by Crippen LogP contribution is 2.30. The molecule has 136 valence electrons. The SMILES string of the molecule is CCc1cn[nH]c1C1CCCN(C(=O)c2cccc3c(C)c(C)[nH]c23)C1. The molecule has 1 amide bonds. The molecule has 1 aliphatic rings. The molecule has 0 spiro atoms. The summed E-state index contributed by atoms with van der Waals surface area (Å²) in [5, 5.41) is 8.53. The number of nitrogens with zero attached hydrogens (tertiary/aromatic N) is 2. The molecule has 0 saturated carbocycles. The molecular weight excluding hydrogens is 324 g/mol. The van der Waals surface area contributed by atoms with Gasteiger partial charge in [0.2, 0.25) is 0 Å². The molecule has 2 aromatic heterocycles. The fourth-order valence-electron chi connectivity index (χ4n) is 4.18. The number of hydrogen-bond acceptors (Lipinski definition) is 2. The molecule has 4 rings (SSSR count). The van der Waals surface area contributed by atoms with Gasteiger partial charge in [-0.1, -0.05) is 19.1 Å². The van der Waals surface area contributed by atoms with Crippen LogP contribution in [0.25, 0.3) is 10.9 Å². The zero-order valence-corrected chi connectivity index (χ0v) is 15.7. The van der Waals surface area contributed by atoms with Gasteiger partial charge in [-0.15, -0.1) is 0 Å². The van der Waals surface area contributed by atoms with Crippen LogP contribution in [0, 0.1) is 13.8 Å². The van der Waals surface area contributed by atoms with Crippen LogP contribution < -0.4 is 0 Å². The van der Waals surface area contributed by atoms with E-state index in [1.165, 1.54) is 16.8 Å². The number of aromatic amines is 2. The predicted molar refractivity (Wildman–Crippen MR) is 104 cm³/mol. The van der Waals surface area contributed by atoms with Gasteiger partial charge in [0.05, 0.1) is 17.3 Å². The molecule has 3 aromatic rings. The lowest BCUT2D eigenvalue weighted by Crippen LogP contribution is -2.39. The van der Waals surface area contributed by atoms with Gasteiger partial charge in [0, 0.05) is 35.8 Å². The van der Waals surface area contributed by atoms with E-state index in [2.05, 4.69) is 42.0 Å². The number of likely N-dealkylation sites (tertiary alicyclic amines) is 1. The number of nitrogens with one attached hydrogen (secondary N) is 2. The maximum atomic E-state index is 13.3. The second kappa shape index (κ2) is 6.63. The normalized spacial score (nSPS) is 17.8. The largest absolute Gasteiger partial charge is 0.358 e. The Kier molecular flexibility index (Phi) is 4.31. The summed E-state index contributed by atoms with van der Waals surface area (Å²) in [6.45, 7) is 7.88. The number of carbonyl (C=O) groups is 1. The third kappa shape index (κ3) is 2.71. The third-order valence-electron chi connectivity index (χ3n) is 5.82. The highest BCUT2D eigenvalue weighted by Gasteiger charge is 2.28. The summed E-state index contributed by atoms with van der Waals surface area (Å²) in [6, 6.07) is 6.01. The number of piperidine rings is 1. The van der Waals surface area contributed by atoms with Crippen molar-refractivity contribution in [1.82, 2.24) is 20.1 Å². The summed E-state index contributed by atoms with van der Waals surface area (Å²) < 4.78 is 0. The van der Waals surface area contributed by atoms with E-state index >= 15 is 0 Å². The zero-order chi connectivity index (χ0) is 18.3. The molecule has 1 atom stereocenters. The van der Waals surface area contributed by atoms with E-state index in [4.69, 9.17) is 0 Å². The predicted octanol–water partition coefficient (Wildman–Crippen LogP) is 4.09. The number of hydrogen-bond donors (Lipinski definition) is 2. The minimum Gasteiger partial charge on any atom is -0.358 e. The van der Waals surface area contributed by atoms with Crippen LogP contribution in [0.3, 0.4) is 0 Å². The fourth-order valence-corrected chi connectivity index (χ4v) is 4.18. The van der Waals surface area contributed by atoms with E-state index in [0.29, 0.717) is 5.92 Å². The first kappa shape index (κ1) is 16.9. The number of H-pyrrole nitrogens is 2. The van der Waals surface area contributed by atoms with Crippen LogP contribution in [0.1, 0.15) is 58.6 Å². The molecule has 1 aliphatic heterocycles. The Balaban J connectivity index is 1.63. The van der Waals surface area contributed by atoms with Gasteiger partial charge in [0.1, 0.15) is 0 Å². The topological polar surface area (TPSA) is 64.8 Å². The number of fused-ring (bicyclic) bond motifs is 1. The van der Waals surface area contributed by atoms with Crippen LogP contribution in [0.2, 0.25) is 0 Å². The molecule has 1 unspecified atom stereocenters. The standard InChI is InChI=1S/C21H26N4O/c1-4-15-11-22-24-19(15)16-7-6-10-25(12-16)21(26)18-9-5-8-17-13(2)14(3)23-20(17)18/h5,8-9,11,16,23H,4,6-7,10,12H2,1-3H3,(H,22,24). The van der Waals surface area contributed by atoms with Crippen molar-refractivity contribution in [2.45, 2.75) is 46.0 Å². The van der Waals surface area contributed by atoms with E-state index in [9.17, 15) is 4.79 Å². The van der Waals surface area contributed by atoms with Crippen molar-refractivity contribution >= 4 is 16.8 Å². The van der Waals surface area contributed by atoms with Gasteiger partial charge in [0.25, 0.3) is 5.91 Å². The summed E-state index contributed by atoms with van der Waals surface area (Å²) in [6.07, 6.45) is 5.01. The van der Waals surface area contributed by atoms with E-state index in [-0.39, 0.29) is 5.91 Å². The molecule has 5 heteroatoms. The number of aryl methyl sites for hydroxylation is 3. The molecule has 1 aromatic carbocycles. The maximum Gasteiger partial charge on any atom is 0.256 e. The zero-order valence-electron chi connectivity index (χ0n) is 15.7. The average Bonchev–Trinajstić information content (AvgIpc) is 3.26. The smallest absolute Gasteiger partial charge is 0.256 e. The monoisotopic (exact) mass is 350 g/mol. The number of benzene rings is 1. The number of rotatable bonds is 3. The van der Waals surface area contributed by atoms with Gasteiger partial charge in [-0.2, -0.15) is 5.10 Å². The molecule has 26 heavy (non-hydrogen) atoms. The quantitative estimate of drug-likeness (QED) is 0.747. The Morgan fingerprint density at radius 1 is 1.35 bits per heavy atom. The third-order valence-corrected chi connectivity index (χ3v) is 5.82. The molecule has 0 radical (unpaired) electrons. The average molecular weight is 350 g/mol. The summed E-state index contributed by atoms with van der Waals surface area (Å²) in [4.78, 5) is 18.7. The second-order valence-electron chi connectivity index (χ2n) is 7.36. The second-order valence-corrected chi connectivity index (χ2v) is 7.36. The summed E-state index contributed by atoms with van der Waals surface area (Å²) in [5.41, 5.74) is 6.56. The minimum absolute atomic E-state index is 0.124. The number of carbonyl (C=O) groups excluding carboxylic acids is 1. The molecule has 0 aliphatic carbocycles. The first-order chi connectivity index (χ1) is 12.6. The van der Waals surface area contributed by atoms with Crippen molar-refractivity contribution in [3.8, 4) is 0 Å². The number of para-hydroxylation sites is 1. The molecule has 5 nitrogen and oxygen atoms in total. The molecule has 3 heterocycles. The van der Waals surface area contributed by atoms with Crippen LogP contribution in [0.15, 0.2) is 24.4 Å². The molecular formula is C21H26N4O. The van der Waals surface area contributed by atoms with Crippen molar-refractivity contribution in [1.29, 1.82) is 0 Å². The lowest BCUT2D eigenvalue weighted by atomic mass is 9.91. The first-order valence-corrected chi connectivity index (χ1v) is 9.49. The van der Waals surface area contributed by atoms with Crippen LogP contribution in [-0.2, 0) is 6.42 Å². The molecule has 0 bridgehead atoms. The van der Waals surface area contributed by atoms with Gasteiger partial charge >= 0.3 is 0 Å². The summed E-state index contributed by atoms with van der Waals surface area (Å²) >= 11 is 0. The Morgan fingerprint density at radius 2 is 2.19 bits per heavy atom. The van der Waals surface area contributed by atoms with Crippen molar-refractivity contribution in [2.75, 3.05) is 13.1 Å². The lowest BCUT2D eigenvalue weighted by Gasteiger charge is -2.33. The fraction of sp³-hybridized carbons (Fsp3) is 0.429. The van der Waals surface area contributed by atoms with Gasteiger partial charge in [0.15, 0.2) is 0 Å². The van der Waals surface area contributed by atoms with Crippen LogP contribution in [0.4, 0.5) is 0 Å². The lowest BCUT2D eigenvalue weighted by molar-refractivity contribution is 0.0707. The Bertz CT molecular complexity index is 952. The van der Waals surface area contributed by atoms with Crippen LogP contribution in [0.5, 0.6) is 0 Å². The summed E-state index contributed by atoms with van der Waals surface area (Å²) in [5.74, 6) is 0.468.